The molecule has 0 bridgehead atoms. The van der Waals surface area contributed by atoms with Gasteiger partial charge in [0.2, 0.25) is 0 Å². The third-order valence-electron chi connectivity index (χ3n) is 7.72. The van der Waals surface area contributed by atoms with Crippen molar-refractivity contribution in [2.24, 2.45) is 0 Å². The molecule has 3 aromatic heterocycles. The number of hydrogen-bond donors (Lipinski definition) is 3. The van der Waals surface area contributed by atoms with Gasteiger partial charge in [0.05, 0.1) is 36.6 Å². The van der Waals surface area contributed by atoms with Crippen molar-refractivity contribution in [3.63, 3.8) is 0 Å². The SMILES string of the molecule is COc1ccc(-n2nc(C(C)(C)C)cc2NC(=O)Nc2ccc(OCc3ccnc(Nc4cncc(N(C)C)n4)c3)c3ccccc23)cc1. The van der Waals surface area contributed by atoms with Crippen LogP contribution in [0.2, 0.25) is 0 Å². The molecular formula is C37H39N9O3. The molecule has 0 unspecified atom stereocenters. The second-order valence-electron chi connectivity index (χ2n) is 12.6. The van der Waals surface area contributed by atoms with Gasteiger partial charge in [0.25, 0.3) is 0 Å². The Kier molecular flexibility index (Phi) is 9.29. The minimum Gasteiger partial charge on any atom is -0.497 e. The first-order valence-corrected chi connectivity index (χ1v) is 15.8. The standard InChI is InChI=1S/C37H39N9O3/c1-37(2,3)31-20-34(46(44-31)25-11-13-26(48-6)14-12-25)43-36(47)40-29-15-16-30(28-10-8-7-9-27(28)29)49-23-24-17-18-39-32(19-24)41-33-21-38-22-35(42-33)45(4)5/h7-22H,23H2,1-6H3,(H,39,41,42)(H2,40,43,47). The van der Waals surface area contributed by atoms with Crippen LogP contribution in [0.15, 0.2) is 97.5 Å². The third-order valence-corrected chi connectivity index (χ3v) is 7.72. The van der Waals surface area contributed by atoms with Gasteiger partial charge >= 0.3 is 6.03 Å². The number of aromatic nitrogens is 5. The van der Waals surface area contributed by atoms with Crippen LogP contribution in [-0.2, 0) is 12.0 Å². The first kappa shape index (κ1) is 32.8. The summed E-state index contributed by atoms with van der Waals surface area (Å²) in [7, 11) is 5.45. The first-order valence-electron chi connectivity index (χ1n) is 15.8. The number of benzene rings is 3. The van der Waals surface area contributed by atoms with Crippen molar-refractivity contribution in [2.45, 2.75) is 32.8 Å². The van der Waals surface area contributed by atoms with Crippen LogP contribution in [0.25, 0.3) is 16.5 Å². The van der Waals surface area contributed by atoms with E-state index in [2.05, 4.69) is 51.7 Å². The van der Waals surface area contributed by atoms with Crippen LogP contribution in [0.1, 0.15) is 32.0 Å². The van der Waals surface area contributed by atoms with Crippen LogP contribution >= 0.6 is 0 Å². The summed E-state index contributed by atoms with van der Waals surface area (Å²) >= 11 is 0. The van der Waals surface area contributed by atoms with E-state index in [0.717, 1.165) is 39.3 Å². The number of carbonyl (C=O) groups is 1. The van der Waals surface area contributed by atoms with Crippen molar-refractivity contribution < 1.29 is 14.3 Å². The van der Waals surface area contributed by atoms with Crippen molar-refractivity contribution in [3.05, 3.63) is 109 Å². The van der Waals surface area contributed by atoms with Gasteiger partial charge in [-0.15, -0.1) is 0 Å². The molecule has 0 saturated heterocycles. The van der Waals surface area contributed by atoms with Crippen molar-refractivity contribution in [1.82, 2.24) is 24.7 Å². The Labute approximate surface area is 285 Å². The molecule has 6 rings (SSSR count). The van der Waals surface area contributed by atoms with Crippen molar-refractivity contribution in [3.8, 4) is 17.2 Å². The lowest BCUT2D eigenvalue weighted by molar-refractivity contribution is 0.262. The summed E-state index contributed by atoms with van der Waals surface area (Å²) in [6.45, 7) is 6.55. The Morgan fingerprint density at radius 1 is 0.898 bits per heavy atom. The molecule has 3 heterocycles. The molecule has 12 nitrogen and oxygen atoms in total. The Morgan fingerprint density at radius 2 is 1.67 bits per heavy atom. The average Bonchev–Trinajstić information content (AvgIpc) is 3.52. The molecule has 12 heteroatoms. The molecule has 6 aromatic rings. The van der Waals surface area contributed by atoms with E-state index in [9.17, 15) is 4.79 Å². The van der Waals surface area contributed by atoms with E-state index in [4.69, 9.17) is 14.6 Å². The van der Waals surface area contributed by atoms with E-state index in [1.807, 2.05) is 97.9 Å². The van der Waals surface area contributed by atoms with Gasteiger partial charge in [-0.2, -0.15) is 5.10 Å². The molecule has 0 spiro atoms. The molecule has 0 atom stereocenters. The molecule has 0 aliphatic carbocycles. The third kappa shape index (κ3) is 7.70. The fourth-order valence-electron chi connectivity index (χ4n) is 5.09. The van der Waals surface area contributed by atoms with Gasteiger partial charge in [-0.05, 0) is 54.1 Å². The zero-order valence-electron chi connectivity index (χ0n) is 28.4. The lowest BCUT2D eigenvalue weighted by Gasteiger charge is -2.15. The maximum atomic E-state index is 13.4. The van der Waals surface area contributed by atoms with Crippen molar-refractivity contribution >= 4 is 45.8 Å². The van der Waals surface area contributed by atoms with E-state index >= 15 is 0 Å². The second-order valence-corrected chi connectivity index (χ2v) is 12.6. The predicted octanol–water partition coefficient (Wildman–Crippen LogP) is 7.55. The fourth-order valence-corrected chi connectivity index (χ4v) is 5.09. The second kappa shape index (κ2) is 13.9. The number of nitrogens with one attached hydrogen (secondary N) is 3. The number of nitrogens with zero attached hydrogens (tertiary/aromatic N) is 6. The average molecular weight is 658 g/mol. The summed E-state index contributed by atoms with van der Waals surface area (Å²) in [5.41, 5.74) is 2.97. The van der Waals surface area contributed by atoms with E-state index < -0.39 is 6.03 Å². The number of ether oxygens (including phenoxy) is 2. The minimum absolute atomic E-state index is 0.225. The van der Waals surface area contributed by atoms with E-state index in [0.29, 0.717) is 35.5 Å². The molecule has 0 aliphatic heterocycles. The summed E-state index contributed by atoms with van der Waals surface area (Å²) in [6, 6.07) is 24.3. The highest BCUT2D eigenvalue weighted by atomic mass is 16.5. The normalized spacial score (nSPS) is 11.2. The molecule has 0 fully saturated rings. The predicted molar refractivity (Wildman–Crippen MR) is 194 cm³/mol. The number of hydrogen-bond acceptors (Lipinski definition) is 9. The molecule has 49 heavy (non-hydrogen) atoms. The van der Waals surface area contributed by atoms with E-state index in [-0.39, 0.29) is 5.41 Å². The molecule has 0 radical (unpaired) electrons. The lowest BCUT2D eigenvalue weighted by Crippen LogP contribution is -2.21. The maximum absolute atomic E-state index is 13.4. The summed E-state index contributed by atoms with van der Waals surface area (Å²) in [6.07, 6.45) is 5.07. The van der Waals surface area contributed by atoms with Crippen LogP contribution in [0, 0.1) is 0 Å². The number of methoxy groups -OCH3 is 1. The molecular weight excluding hydrogens is 618 g/mol. The van der Waals surface area contributed by atoms with Gasteiger partial charge in [-0.1, -0.05) is 45.0 Å². The van der Waals surface area contributed by atoms with Crippen LogP contribution < -0.4 is 30.3 Å². The van der Waals surface area contributed by atoms with Gasteiger partial charge in [0, 0.05) is 42.5 Å². The Balaban J connectivity index is 1.18. The van der Waals surface area contributed by atoms with E-state index in [1.165, 1.54) is 0 Å². The summed E-state index contributed by atoms with van der Waals surface area (Å²) in [5, 5.41) is 15.8. The number of pyridine rings is 1. The van der Waals surface area contributed by atoms with Gasteiger partial charge in [-0.3, -0.25) is 10.3 Å². The smallest absolute Gasteiger partial charge is 0.324 e. The number of anilines is 5. The number of rotatable bonds is 10. The largest absolute Gasteiger partial charge is 0.497 e. The molecule has 3 aromatic carbocycles. The zero-order chi connectivity index (χ0) is 34.5. The Hall–Kier alpha value is -6.17. The molecule has 0 saturated carbocycles. The summed E-state index contributed by atoms with van der Waals surface area (Å²) in [5.74, 6) is 3.92. The molecule has 3 N–H and O–H groups in total. The molecule has 0 aliphatic rings. The van der Waals surface area contributed by atoms with Gasteiger partial charge in [-0.25, -0.2) is 19.4 Å². The quantitative estimate of drug-likeness (QED) is 0.137. The van der Waals surface area contributed by atoms with Gasteiger partial charge in [0.1, 0.15) is 35.6 Å². The summed E-state index contributed by atoms with van der Waals surface area (Å²) < 4.78 is 13.3. The monoisotopic (exact) mass is 657 g/mol. The highest BCUT2D eigenvalue weighted by Gasteiger charge is 2.22. The van der Waals surface area contributed by atoms with Crippen molar-refractivity contribution in [1.29, 1.82) is 0 Å². The van der Waals surface area contributed by atoms with Crippen LogP contribution in [0.4, 0.5) is 33.8 Å². The maximum Gasteiger partial charge on any atom is 0.324 e. The lowest BCUT2D eigenvalue weighted by atomic mass is 9.92. The van der Waals surface area contributed by atoms with Gasteiger partial charge < -0.3 is 25.0 Å². The molecule has 2 amide bonds. The Bertz CT molecular complexity index is 2090. The number of amides is 2. The zero-order valence-corrected chi connectivity index (χ0v) is 28.4. The van der Waals surface area contributed by atoms with Crippen molar-refractivity contribution in [2.75, 3.05) is 42.1 Å². The van der Waals surface area contributed by atoms with Crippen LogP contribution in [0.3, 0.4) is 0 Å². The highest BCUT2D eigenvalue weighted by Crippen LogP contribution is 2.33. The van der Waals surface area contributed by atoms with Crippen LogP contribution in [0.5, 0.6) is 11.5 Å². The van der Waals surface area contributed by atoms with E-state index in [1.54, 1.807) is 30.4 Å². The van der Waals surface area contributed by atoms with Crippen LogP contribution in [-0.4, -0.2) is 52.0 Å². The number of fused-ring (bicyclic) bond motifs is 1. The number of carbonyl (C=O) groups excluding carboxylic acids is 1. The fraction of sp³-hybridized carbons (Fsp3) is 0.216. The molecule has 250 valence electrons. The minimum atomic E-state index is -0.397. The number of urea groups is 1. The topological polar surface area (TPSA) is 131 Å². The highest BCUT2D eigenvalue weighted by molar-refractivity contribution is 6.07. The first-order chi connectivity index (χ1) is 23.6. The summed E-state index contributed by atoms with van der Waals surface area (Å²) in [4.78, 5) is 28.5. The Morgan fingerprint density at radius 3 is 2.41 bits per heavy atom. The van der Waals surface area contributed by atoms with Gasteiger partial charge in [0.15, 0.2) is 5.82 Å².